The maximum Gasteiger partial charge on any atom is 0.216 e. The second kappa shape index (κ2) is 25.8. The average molecular weight is 1120 g/mol. The minimum Gasteiger partial charge on any atom is -0.201 e. The van der Waals surface area contributed by atoms with Gasteiger partial charge < -0.3 is 0 Å². The minimum absolute atomic E-state index is 1.34. The maximum atomic E-state index is 2.38. The van der Waals surface area contributed by atoms with E-state index in [2.05, 4.69) is 292 Å². The van der Waals surface area contributed by atoms with E-state index in [0.29, 0.717) is 0 Å². The number of rotatable bonds is 4. The van der Waals surface area contributed by atoms with E-state index in [1.807, 2.05) is 0 Å². The smallest absolute Gasteiger partial charge is 0.201 e. The van der Waals surface area contributed by atoms with E-state index in [1.165, 1.54) is 218 Å². The molecule has 0 bridgehead atoms. The highest BCUT2D eigenvalue weighted by Gasteiger charge is 2.28. The molecule has 4 nitrogen and oxygen atoms in total. The molecule has 0 aliphatic rings. The summed E-state index contributed by atoms with van der Waals surface area (Å²) < 4.78 is 9.28. The standard InChI is InChI=1S/C21H30N.C20H28N.2C19H26N/c1-11-12(2)16(6)20(17(7)13(11)3)21-18(8)14(4)15(5)19(9)22(21)10;1-11-10-19(16(6)13(3)12(11)2)20-17(7)14(4)15(5)18(8)21(20)9;1-11-9-18(16(6)15(5)13(11)3)19-17(7)14(4)12(2)10-20(19)8;1-11-9-12(2)18(16(6)14(11)4)19-17(7)15(5)13(3)10-20(19)8/h1-10H3;10H,1-9H3;2*9-10H,1-8H3/q4*+1. The minimum atomic E-state index is 1.34. The van der Waals surface area contributed by atoms with E-state index in [0.717, 1.165) is 0 Å². The van der Waals surface area contributed by atoms with Gasteiger partial charge in [-0.2, -0.15) is 9.13 Å². The van der Waals surface area contributed by atoms with Crippen molar-refractivity contribution in [1.82, 2.24) is 0 Å². The van der Waals surface area contributed by atoms with Gasteiger partial charge in [0.15, 0.2) is 23.8 Å². The van der Waals surface area contributed by atoms with E-state index in [9.17, 15) is 0 Å². The van der Waals surface area contributed by atoms with Gasteiger partial charge in [0.05, 0.1) is 11.1 Å². The van der Waals surface area contributed by atoms with Crippen LogP contribution in [-0.2, 0) is 28.2 Å². The molecule has 4 heterocycles. The number of pyridine rings is 4. The zero-order chi connectivity index (χ0) is 63.4. The molecule has 4 aromatic heterocycles. The van der Waals surface area contributed by atoms with Crippen LogP contribution in [0.1, 0.15) is 173 Å². The van der Waals surface area contributed by atoms with Crippen molar-refractivity contribution in [3.63, 3.8) is 0 Å². The molecular formula is C79H110N4+4. The fourth-order valence-electron chi connectivity index (χ4n) is 13.1. The van der Waals surface area contributed by atoms with Crippen molar-refractivity contribution in [2.24, 2.45) is 28.2 Å². The van der Waals surface area contributed by atoms with Crippen LogP contribution in [0.5, 0.6) is 0 Å². The van der Waals surface area contributed by atoms with Crippen LogP contribution >= 0.6 is 0 Å². The van der Waals surface area contributed by atoms with Crippen LogP contribution in [0, 0.1) is 215 Å². The molecule has 0 fully saturated rings. The van der Waals surface area contributed by atoms with Crippen LogP contribution in [0.4, 0.5) is 0 Å². The molecule has 0 radical (unpaired) electrons. The second-order valence-electron chi connectivity index (χ2n) is 25.6. The van der Waals surface area contributed by atoms with Crippen LogP contribution in [0.25, 0.3) is 45.0 Å². The Hall–Kier alpha value is -6.52. The lowest BCUT2D eigenvalue weighted by Gasteiger charge is -2.20. The molecule has 0 aliphatic heterocycles. The summed E-state index contributed by atoms with van der Waals surface area (Å²) in [6.07, 6.45) is 4.48. The lowest BCUT2D eigenvalue weighted by Crippen LogP contribution is -2.37. The summed E-state index contributed by atoms with van der Waals surface area (Å²) in [5, 5.41) is 0. The van der Waals surface area contributed by atoms with Crippen molar-refractivity contribution in [3.8, 4) is 45.0 Å². The number of hydrogen-bond acceptors (Lipinski definition) is 0. The Morgan fingerprint density at radius 3 is 0.880 bits per heavy atom. The number of benzene rings is 4. The first-order valence-corrected chi connectivity index (χ1v) is 30.5. The third-order valence-corrected chi connectivity index (χ3v) is 21.5. The fourth-order valence-corrected chi connectivity index (χ4v) is 13.1. The monoisotopic (exact) mass is 1110 g/mol. The van der Waals surface area contributed by atoms with Gasteiger partial charge in [-0.05, 0) is 330 Å². The number of aryl methyl sites for hydroxylation is 8. The lowest BCUT2D eigenvalue weighted by molar-refractivity contribution is -0.667. The van der Waals surface area contributed by atoms with Gasteiger partial charge in [-0.3, -0.25) is 0 Å². The summed E-state index contributed by atoms with van der Waals surface area (Å²) in [6.45, 7) is 69.2. The Morgan fingerprint density at radius 1 is 0.193 bits per heavy atom. The Balaban J connectivity index is 0.000000203. The molecule has 8 rings (SSSR count). The first-order chi connectivity index (χ1) is 38.3. The molecule has 0 saturated heterocycles. The van der Waals surface area contributed by atoms with Gasteiger partial charge in [0.25, 0.3) is 0 Å². The van der Waals surface area contributed by atoms with Gasteiger partial charge in [0, 0.05) is 69.5 Å². The van der Waals surface area contributed by atoms with E-state index in [1.54, 1.807) is 0 Å². The normalized spacial score (nSPS) is 11.1. The largest absolute Gasteiger partial charge is 0.216 e. The predicted octanol–water partition coefficient (Wildman–Crippen LogP) is 18.3. The molecule has 0 aliphatic carbocycles. The van der Waals surface area contributed by atoms with Crippen LogP contribution in [0.15, 0.2) is 30.6 Å². The van der Waals surface area contributed by atoms with Crippen molar-refractivity contribution < 1.29 is 18.3 Å². The molecule has 0 atom stereocenters. The Morgan fingerprint density at radius 2 is 0.458 bits per heavy atom. The molecule has 0 N–H and O–H groups in total. The van der Waals surface area contributed by atoms with E-state index in [4.69, 9.17) is 0 Å². The van der Waals surface area contributed by atoms with Crippen molar-refractivity contribution in [2.75, 3.05) is 0 Å². The number of nitrogens with zero attached hydrogens (tertiary/aromatic N) is 4. The summed E-state index contributed by atoms with van der Waals surface area (Å²) in [5.41, 5.74) is 54.3. The molecule has 4 heteroatoms. The van der Waals surface area contributed by atoms with Crippen molar-refractivity contribution in [3.05, 3.63) is 203 Å². The first kappa shape index (κ1) is 67.3. The summed E-state index contributed by atoms with van der Waals surface area (Å²) in [5.74, 6) is 0. The lowest BCUT2D eigenvalue weighted by atomic mass is 9.85. The van der Waals surface area contributed by atoms with Gasteiger partial charge in [0.2, 0.25) is 22.8 Å². The van der Waals surface area contributed by atoms with Gasteiger partial charge in [-0.1, -0.05) is 6.07 Å². The Bertz CT molecular complexity index is 3710. The number of aromatic nitrogens is 4. The van der Waals surface area contributed by atoms with Crippen LogP contribution in [0.3, 0.4) is 0 Å². The maximum absolute atomic E-state index is 2.38. The number of hydrogen-bond donors (Lipinski definition) is 0. The molecule has 442 valence electrons. The highest BCUT2D eigenvalue weighted by Crippen LogP contribution is 2.38. The van der Waals surface area contributed by atoms with E-state index < -0.39 is 0 Å². The molecular weight excluding hydrogens is 1000 g/mol. The highest BCUT2D eigenvalue weighted by molar-refractivity contribution is 5.75. The van der Waals surface area contributed by atoms with Gasteiger partial charge in [-0.15, -0.1) is 0 Å². The summed E-state index contributed by atoms with van der Waals surface area (Å²) in [7, 11) is 8.70. The van der Waals surface area contributed by atoms with Gasteiger partial charge >= 0.3 is 0 Å². The third-order valence-electron chi connectivity index (χ3n) is 21.5. The average Bonchev–Trinajstić information content (AvgIpc) is 3.44. The zero-order valence-electron chi connectivity index (χ0n) is 59.2. The van der Waals surface area contributed by atoms with Crippen LogP contribution in [-0.4, -0.2) is 0 Å². The van der Waals surface area contributed by atoms with Gasteiger partial charge in [-0.25, -0.2) is 9.13 Å². The quantitative estimate of drug-likeness (QED) is 0.156. The van der Waals surface area contributed by atoms with E-state index in [-0.39, 0.29) is 0 Å². The molecule has 0 saturated carbocycles. The summed E-state index contributed by atoms with van der Waals surface area (Å²) >= 11 is 0. The van der Waals surface area contributed by atoms with Crippen molar-refractivity contribution >= 4 is 0 Å². The molecule has 0 unspecified atom stereocenters. The molecule has 4 aromatic carbocycles. The van der Waals surface area contributed by atoms with Crippen molar-refractivity contribution in [1.29, 1.82) is 0 Å². The van der Waals surface area contributed by atoms with Gasteiger partial charge in [0.1, 0.15) is 28.2 Å². The molecule has 0 amide bonds. The highest BCUT2D eigenvalue weighted by atomic mass is 15.0. The summed E-state index contributed by atoms with van der Waals surface area (Å²) in [6, 6.07) is 7.01. The Labute approximate surface area is 506 Å². The van der Waals surface area contributed by atoms with Crippen molar-refractivity contribution in [2.45, 2.75) is 215 Å². The zero-order valence-corrected chi connectivity index (χ0v) is 59.2. The van der Waals surface area contributed by atoms with Crippen LogP contribution < -0.4 is 18.3 Å². The van der Waals surface area contributed by atoms with E-state index >= 15 is 0 Å². The second-order valence-corrected chi connectivity index (χ2v) is 25.6. The van der Waals surface area contributed by atoms with Crippen LogP contribution in [0.2, 0.25) is 0 Å². The fraction of sp³-hybridized carbons (Fsp3) is 0.443. The topological polar surface area (TPSA) is 15.5 Å². The first-order valence-electron chi connectivity index (χ1n) is 30.5. The molecule has 83 heavy (non-hydrogen) atoms. The summed E-state index contributed by atoms with van der Waals surface area (Å²) in [4.78, 5) is 0. The predicted molar refractivity (Wildman–Crippen MR) is 359 cm³/mol. The molecule has 8 aromatic rings. The SMILES string of the molecule is Cc1c(C)c(C)c(-c2c(C)c(C)c(C)c(C)[n+]2C)c(C)c1C.Cc1cc(-c2c(C)c(C)c(C)c(C)[n+]2C)c(C)c(C)c1C.Cc1cc(-c2c(C)c(C)c(C)c[n+]2C)c(C)c(C)c1C.Cc1cc(C)c(-c2c(C)c(C)c(C)c[n+]2C)c(C)c1C. The third kappa shape index (κ3) is 12.4. The molecule has 0 spiro atoms. The Kier molecular flexibility index (Phi) is 20.9.